The highest BCUT2D eigenvalue weighted by molar-refractivity contribution is 5.79. The molecule has 0 bridgehead atoms. The number of aromatic nitrogens is 3. The molecular formula is C13H15FN4O. The number of aromatic amines is 1. The molecule has 6 heteroatoms. The summed E-state index contributed by atoms with van der Waals surface area (Å²) in [7, 11) is 0. The van der Waals surface area contributed by atoms with E-state index in [2.05, 4.69) is 20.1 Å². The molecule has 2 aromatic rings. The maximum Gasteiger partial charge on any atom is 0.167 e. The van der Waals surface area contributed by atoms with E-state index in [-0.39, 0.29) is 11.4 Å². The van der Waals surface area contributed by atoms with Crippen molar-refractivity contribution in [2.45, 2.75) is 25.3 Å². The lowest BCUT2D eigenvalue weighted by molar-refractivity contribution is 0.0856. The van der Waals surface area contributed by atoms with Crippen LogP contribution in [0.5, 0.6) is 0 Å². The van der Waals surface area contributed by atoms with Gasteiger partial charge in [0.25, 0.3) is 0 Å². The molecule has 2 aromatic heterocycles. The number of hydrogen-bond acceptors (Lipinski definition) is 4. The van der Waals surface area contributed by atoms with Crippen LogP contribution in [0.2, 0.25) is 0 Å². The second-order valence-electron chi connectivity index (χ2n) is 5.43. The molecule has 1 N–H and O–H groups in total. The predicted octanol–water partition coefficient (Wildman–Crippen LogP) is 1.77. The van der Waals surface area contributed by atoms with Gasteiger partial charge >= 0.3 is 0 Å². The average molecular weight is 262 g/mol. The van der Waals surface area contributed by atoms with Crippen molar-refractivity contribution in [3.05, 3.63) is 17.6 Å². The van der Waals surface area contributed by atoms with Crippen LogP contribution in [0.4, 0.5) is 10.2 Å². The van der Waals surface area contributed by atoms with E-state index in [1.165, 1.54) is 6.07 Å². The van der Waals surface area contributed by atoms with Crippen molar-refractivity contribution in [2.75, 3.05) is 24.7 Å². The molecule has 1 aliphatic carbocycles. The van der Waals surface area contributed by atoms with Crippen molar-refractivity contribution in [3.8, 4) is 0 Å². The monoisotopic (exact) mass is 262 g/mol. The first kappa shape index (κ1) is 11.2. The Morgan fingerprint density at radius 2 is 2.32 bits per heavy atom. The first-order valence-electron chi connectivity index (χ1n) is 6.56. The van der Waals surface area contributed by atoms with E-state index in [4.69, 9.17) is 4.74 Å². The van der Waals surface area contributed by atoms with Gasteiger partial charge in [-0.1, -0.05) is 0 Å². The van der Waals surface area contributed by atoms with Gasteiger partial charge in [0.15, 0.2) is 11.6 Å². The Hall–Kier alpha value is -1.69. The van der Waals surface area contributed by atoms with E-state index in [0.29, 0.717) is 31.1 Å². The number of hydrogen-bond donors (Lipinski definition) is 1. The van der Waals surface area contributed by atoms with Crippen LogP contribution in [0, 0.1) is 12.7 Å². The Bertz CT molecular complexity index is 649. The van der Waals surface area contributed by atoms with Gasteiger partial charge in [-0.2, -0.15) is 5.10 Å². The summed E-state index contributed by atoms with van der Waals surface area (Å²) in [5, 5.41) is 6.88. The Kier molecular flexibility index (Phi) is 2.15. The van der Waals surface area contributed by atoms with Crippen LogP contribution in [-0.2, 0) is 4.74 Å². The molecule has 19 heavy (non-hydrogen) atoms. The van der Waals surface area contributed by atoms with Crippen LogP contribution in [0.1, 0.15) is 18.5 Å². The largest absolute Gasteiger partial charge is 0.377 e. The molecule has 0 atom stereocenters. The number of morpholine rings is 1. The normalized spacial score (nSPS) is 21.3. The zero-order valence-electron chi connectivity index (χ0n) is 10.7. The third-order valence-corrected chi connectivity index (χ3v) is 4.13. The molecule has 3 heterocycles. The highest BCUT2D eigenvalue weighted by atomic mass is 19.1. The fourth-order valence-electron chi connectivity index (χ4n) is 2.85. The molecule has 4 rings (SSSR count). The van der Waals surface area contributed by atoms with E-state index in [9.17, 15) is 4.39 Å². The molecule has 1 aliphatic heterocycles. The van der Waals surface area contributed by atoms with Crippen LogP contribution >= 0.6 is 0 Å². The van der Waals surface area contributed by atoms with Crippen molar-refractivity contribution in [1.82, 2.24) is 15.2 Å². The SMILES string of the molecule is Cc1n[nH]c2cc(F)c(N3CCOCC34CC4)nc12. The van der Waals surface area contributed by atoms with E-state index in [0.717, 1.165) is 24.1 Å². The molecule has 2 fully saturated rings. The summed E-state index contributed by atoms with van der Waals surface area (Å²) in [4.78, 5) is 6.58. The van der Waals surface area contributed by atoms with Gasteiger partial charge in [0.1, 0.15) is 5.52 Å². The molecule has 1 saturated carbocycles. The Morgan fingerprint density at radius 1 is 1.47 bits per heavy atom. The van der Waals surface area contributed by atoms with Crippen LogP contribution in [0.3, 0.4) is 0 Å². The topological polar surface area (TPSA) is 54.0 Å². The molecule has 1 spiro atoms. The minimum Gasteiger partial charge on any atom is -0.377 e. The summed E-state index contributed by atoms with van der Waals surface area (Å²) < 4.78 is 19.8. The summed E-state index contributed by atoms with van der Waals surface area (Å²) in [5.41, 5.74) is 2.18. The molecule has 0 aromatic carbocycles. The fourth-order valence-corrected chi connectivity index (χ4v) is 2.85. The number of anilines is 1. The summed E-state index contributed by atoms with van der Waals surface area (Å²) in [6.45, 7) is 3.88. The Balaban J connectivity index is 1.85. The van der Waals surface area contributed by atoms with Crippen molar-refractivity contribution in [2.24, 2.45) is 0 Å². The van der Waals surface area contributed by atoms with E-state index in [1.54, 1.807) is 0 Å². The molecule has 1 saturated heterocycles. The van der Waals surface area contributed by atoms with Crippen molar-refractivity contribution >= 4 is 16.9 Å². The van der Waals surface area contributed by atoms with Crippen LogP contribution < -0.4 is 4.90 Å². The maximum atomic E-state index is 14.3. The van der Waals surface area contributed by atoms with Gasteiger partial charge in [-0.05, 0) is 19.8 Å². The zero-order valence-corrected chi connectivity index (χ0v) is 10.7. The van der Waals surface area contributed by atoms with Crippen LogP contribution in [0.15, 0.2) is 6.07 Å². The highest BCUT2D eigenvalue weighted by Crippen LogP contribution is 2.46. The summed E-state index contributed by atoms with van der Waals surface area (Å²) >= 11 is 0. The van der Waals surface area contributed by atoms with Crippen LogP contribution in [-0.4, -0.2) is 40.5 Å². The maximum absolute atomic E-state index is 14.3. The van der Waals surface area contributed by atoms with Gasteiger partial charge in [0, 0.05) is 12.6 Å². The minimum atomic E-state index is -0.288. The van der Waals surface area contributed by atoms with E-state index in [1.807, 2.05) is 6.92 Å². The summed E-state index contributed by atoms with van der Waals surface area (Å²) in [6.07, 6.45) is 2.10. The standard InChI is InChI=1S/C13H15FN4O/c1-8-11-10(17-16-8)6-9(14)12(15-11)18-4-5-19-7-13(18)2-3-13/h6H,2-5,7H2,1H3,(H,16,17). The molecule has 0 amide bonds. The zero-order chi connectivity index (χ0) is 13.0. The molecular weight excluding hydrogens is 247 g/mol. The number of ether oxygens (including phenoxy) is 1. The smallest absolute Gasteiger partial charge is 0.167 e. The molecule has 100 valence electrons. The molecule has 2 aliphatic rings. The second-order valence-corrected chi connectivity index (χ2v) is 5.43. The van der Waals surface area contributed by atoms with Crippen molar-refractivity contribution < 1.29 is 9.13 Å². The fraction of sp³-hybridized carbons (Fsp3) is 0.538. The number of aryl methyl sites for hydroxylation is 1. The third kappa shape index (κ3) is 1.56. The number of H-pyrrole nitrogens is 1. The molecule has 0 radical (unpaired) electrons. The van der Waals surface area contributed by atoms with Crippen LogP contribution in [0.25, 0.3) is 11.0 Å². The predicted molar refractivity (Wildman–Crippen MR) is 68.7 cm³/mol. The third-order valence-electron chi connectivity index (χ3n) is 4.13. The number of nitrogens with one attached hydrogen (secondary N) is 1. The molecule has 0 unspecified atom stereocenters. The highest BCUT2D eigenvalue weighted by Gasteiger charge is 2.51. The van der Waals surface area contributed by atoms with Gasteiger partial charge in [0.05, 0.1) is 30.0 Å². The lowest BCUT2D eigenvalue weighted by atomic mass is 10.2. The Labute approximate surface area is 109 Å². The number of fused-ring (bicyclic) bond motifs is 1. The Morgan fingerprint density at radius 3 is 3.11 bits per heavy atom. The van der Waals surface area contributed by atoms with E-state index >= 15 is 0 Å². The average Bonchev–Trinajstić information content (AvgIpc) is 3.08. The minimum absolute atomic E-state index is 0.0165. The van der Waals surface area contributed by atoms with Gasteiger partial charge in [-0.15, -0.1) is 0 Å². The number of rotatable bonds is 1. The lowest BCUT2D eigenvalue weighted by Crippen LogP contribution is -2.48. The summed E-state index contributed by atoms with van der Waals surface area (Å²) in [6, 6.07) is 1.49. The van der Waals surface area contributed by atoms with Crippen molar-refractivity contribution in [3.63, 3.8) is 0 Å². The van der Waals surface area contributed by atoms with Crippen molar-refractivity contribution in [1.29, 1.82) is 0 Å². The quantitative estimate of drug-likeness (QED) is 0.851. The first-order valence-corrected chi connectivity index (χ1v) is 6.56. The number of pyridine rings is 1. The van der Waals surface area contributed by atoms with Gasteiger partial charge in [0.2, 0.25) is 0 Å². The number of halogens is 1. The summed E-state index contributed by atoms with van der Waals surface area (Å²) in [5.74, 6) is 0.155. The second kappa shape index (κ2) is 3.66. The first-order chi connectivity index (χ1) is 9.20. The van der Waals surface area contributed by atoms with Gasteiger partial charge in [-0.3, -0.25) is 5.10 Å². The number of nitrogens with zero attached hydrogens (tertiary/aromatic N) is 3. The van der Waals surface area contributed by atoms with Gasteiger partial charge < -0.3 is 9.64 Å². The molecule has 5 nitrogen and oxygen atoms in total. The van der Waals surface area contributed by atoms with Gasteiger partial charge in [-0.25, -0.2) is 9.37 Å². The lowest BCUT2D eigenvalue weighted by Gasteiger charge is -2.37. The van der Waals surface area contributed by atoms with E-state index < -0.39 is 0 Å².